The molecule has 15 rings (SSSR count). The number of hydrogen-bond donors (Lipinski definition) is 1. The lowest BCUT2D eigenvalue weighted by Crippen LogP contribution is -2.41. The van der Waals surface area contributed by atoms with Gasteiger partial charge in [-0.05, 0) is 159 Å². The number of carbonyl (C=O) groups excluding carboxylic acids is 3. The zero-order valence-corrected chi connectivity index (χ0v) is 53.9. The van der Waals surface area contributed by atoms with Crippen molar-refractivity contribution in [1.29, 1.82) is 0 Å². The number of aryl methyl sites for hydroxylation is 3. The molecular weight excluding hydrogens is 1190 g/mol. The standard InChI is InChI=1S/2C25H23N5O.C13H9ClO.C12H15N5/c2*1-17-7-6-10-22(26-17)24-28-27-23-18(2)29(15-16-30(23)24)25(31)21-13-11-20(12-14-21)19-8-4-3-5-9-19;14-13(15)12-8-6-11(7-9-12)10-4-2-1-3-5-10;1-8-4-3-5-10(14-8)12-16-15-11-9(2)13-6-7-17(11)12/h2*3-14,18H,15-16H2,1-2H3;1-9H;3-5,9,13H,6-7H2,1-2H3/t18-;;;/m1.../s1. The molecule has 0 fully saturated rings. The minimum absolute atomic E-state index is 0.0107. The quantitative estimate of drug-likeness (QED) is 0.134. The second-order valence-corrected chi connectivity index (χ2v) is 23.6. The molecule has 6 aromatic carbocycles. The maximum atomic E-state index is 13.2. The van der Waals surface area contributed by atoms with Crippen LogP contribution >= 0.6 is 11.6 Å². The maximum absolute atomic E-state index is 13.2. The second-order valence-electron chi connectivity index (χ2n) is 23.2. The Morgan fingerprint density at radius 1 is 0.362 bits per heavy atom. The summed E-state index contributed by atoms with van der Waals surface area (Å²) in [7, 11) is 0. The molecule has 0 saturated heterocycles. The fraction of sp³-hybridized carbons (Fsp3) is 0.200. The third-order valence-electron chi connectivity index (χ3n) is 16.9. The zero-order chi connectivity index (χ0) is 65.2. The van der Waals surface area contributed by atoms with E-state index in [4.69, 9.17) is 11.6 Å². The van der Waals surface area contributed by atoms with Gasteiger partial charge in [0.05, 0.1) is 18.1 Å². The molecule has 3 aliphatic heterocycles. The molecule has 470 valence electrons. The van der Waals surface area contributed by atoms with Gasteiger partial charge in [-0.1, -0.05) is 146 Å². The van der Waals surface area contributed by atoms with Crippen LogP contribution in [0.5, 0.6) is 0 Å². The summed E-state index contributed by atoms with van der Waals surface area (Å²) in [6.45, 7) is 16.4. The Labute approximate surface area is 551 Å². The van der Waals surface area contributed by atoms with Crippen molar-refractivity contribution in [2.45, 2.75) is 79.3 Å². The van der Waals surface area contributed by atoms with Crippen LogP contribution < -0.4 is 5.32 Å². The fourth-order valence-corrected chi connectivity index (χ4v) is 12.0. The van der Waals surface area contributed by atoms with Crippen molar-refractivity contribution in [2.75, 3.05) is 19.6 Å². The summed E-state index contributed by atoms with van der Waals surface area (Å²) in [6.07, 6.45) is 0. The third kappa shape index (κ3) is 14.1. The van der Waals surface area contributed by atoms with Gasteiger partial charge in [0.2, 0.25) is 0 Å². The number of carbonyl (C=O) groups is 3. The monoisotopic (exact) mass is 1260 g/mol. The molecule has 94 heavy (non-hydrogen) atoms. The van der Waals surface area contributed by atoms with Crippen LogP contribution in [0, 0.1) is 20.8 Å². The van der Waals surface area contributed by atoms with E-state index in [1.54, 1.807) is 12.1 Å². The summed E-state index contributed by atoms with van der Waals surface area (Å²) in [5, 5.41) is 29.0. The van der Waals surface area contributed by atoms with Gasteiger partial charge in [0.1, 0.15) is 22.9 Å². The lowest BCUT2D eigenvalue weighted by Gasteiger charge is -2.33. The normalized spacial score (nSPS) is 15.3. The molecule has 0 bridgehead atoms. The van der Waals surface area contributed by atoms with E-state index < -0.39 is 5.24 Å². The van der Waals surface area contributed by atoms with Crippen molar-refractivity contribution in [3.8, 4) is 67.9 Å². The topological polar surface area (TPSA) is 201 Å². The molecule has 1 N–H and O–H groups in total. The van der Waals surface area contributed by atoms with Gasteiger partial charge in [0.25, 0.3) is 17.1 Å². The predicted octanol–water partition coefficient (Wildman–Crippen LogP) is 14.1. The van der Waals surface area contributed by atoms with Gasteiger partial charge in [0.15, 0.2) is 29.1 Å². The Morgan fingerprint density at radius 3 is 1.02 bits per heavy atom. The average Bonchev–Trinajstić information content (AvgIpc) is 1.58. The van der Waals surface area contributed by atoms with Crippen molar-refractivity contribution >= 4 is 28.7 Å². The molecule has 2 amide bonds. The molecule has 19 heteroatoms. The van der Waals surface area contributed by atoms with Crippen LogP contribution in [0.2, 0.25) is 0 Å². The van der Waals surface area contributed by atoms with Crippen molar-refractivity contribution in [1.82, 2.24) is 74.4 Å². The van der Waals surface area contributed by atoms with Crippen LogP contribution in [0.15, 0.2) is 218 Å². The van der Waals surface area contributed by atoms with E-state index in [0.717, 1.165) is 116 Å². The van der Waals surface area contributed by atoms with Crippen molar-refractivity contribution in [2.24, 2.45) is 0 Å². The van der Waals surface area contributed by atoms with Gasteiger partial charge in [-0.25, -0.2) is 15.0 Å². The molecule has 0 aliphatic carbocycles. The maximum Gasteiger partial charge on any atom is 0.254 e. The number of aromatic nitrogens is 12. The number of nitrogens with one attached hydrogen (secondary N) is 1. The Hall–Kier alpha value is -11.0. The number of halogens is 1. The number of nitrogens with zero attached hydrogens (tertiary/aromatic N) is 14. The number of fused-ring (bicyclic) bond motifs is 3. The van der Waals surface area contributed by atoms with Gasteiger partial charge in [-0.15, -0.1) is 30.6 Å². The predicted molar refractivity (Wildman–Crippen MR) is 365 cm³/mol. The first-order valence-electron chi connectivity index (χ1n) is 31.4. The van der Waals surface area contributed by atoms with Crippen molar-refractivity contribution in [3.05, 3.63) is 270 Å². The molecule has 3 atom stereocenters. The smallest absolute Gasteiger partial charge is 0.254 e. The van der Waals surface area contributed by atoms with Gasteiger partial charge < -0.3 is 28.8 Å². The van der Waals surface area contributed by atoms with E-state index in [2.05, 4.69) is 95.8 Å². The molecule has 0 spiro atoms. The number of hydrogen-bond acceptors (Lipinski definition) is 13. The summed E-state index contributed by atoms with van der Waals surface area (Å²) < 4.78 is 6.31. The number of amides is 2. The number of rotatable bonds is 9. The highest BCUT2D eigenvalue weighted by Gasteiger charge is 2.34. The highest BCUT2D eigenvalue weighted by Crippen LogP contribution is 2.33. The summed E-state index contributed by atoms with van der Waals surface area (Å²) in [5.41, 5.74) is 14.0. The second kappa shape index (κ2) is 28.7. The SMILES string of the molecule is Cc1cccc(-c2nnc3n2CCN(C(=O)c2ccc(-c4ccccc4)cc2)C3C)n1.Cc1cccc(-c2nnc3n2CCN(C(=O)c2ccc(-c4ccccc4)cc2)[C@@H]3C)n1.Cc1cccc(-c2nnc3n2CCNC3C)n1.O=C(Cl)c1ccc(-c2ccccc2)cc1. The van der Waals surface area contributed by atoms with E-state index in [1.165, 1.54) is 0 Å². The van der Waals surface area contributed by atoms with Crippen molar-refractivity contribution < 1.29 is 14.4 Å². The van der Waals surface area contributed by atoms with E-state index in [9.17, 15) is 14.4 Å². The van der Waals surface area contributed by atoms with Gasteiger partial charge in [-0.3, -0.25) is 14.4 Å². The Morgan fingerprint density at radius 2 is 0.681 bits per heavy atom. The Kier molecular flexibility index (Phi) is 19.3. The van der Waals surface area contributed by atoms with Crippen LogP contribution in [0.4, 0.5) is 0 Å². The van der Waals surface area contributed by atoms with Crippen molar-refractivity contribution in [3.63, 3.8) is 0 Å². The van der Waals surface area contributed by atoms with Crippen LogP contribution in [0.25, 0.3) is 67.9 Å². The molecule has 3 aliphatic rings. The van der Waals surface area contributed by atoms with Gasteiger partial charge >= 0.3 is 0 Å². The molecule has 0 radical (unpaired) electrons. The van der Waals surface area contributed by atoms with Crippen LogP contribution in [0.3, 0.4) is 0 Å². The largest absolute Gasteiger partial charge is 0.327 e. The first kappa shape index (κ1) is 63.2. The molecule has 12 aromatic rings. The Balaban J connectivity index is 0.000000126. The summed E-state index contributed by atoms with van der Waals surface area (Å²) in [6, 6.07) is 70.8. The fourth-order valence-electron chi connectivity index (χ4n) is 11.9. The molecule has 0 saturated carbocycles. The molecule has 2 unspecified atom stereocenters. The first-order chi connectivity index (χ1) is 45.8. The summed E-state index contributed by atoms with van der Waals surface area (Å²) >= 11 is 5.36. The molecule has 6 aromatic heterocycles. The summed E-state index contributed by atoms with van der Waals surface area (Å²) in [4.78, 5) is 54.8. The zero-order valence-electron chi connectivity index (χ0n) is 53.1. The van der Waals surface area contributed by atoms with Crippen LogP contribution in [-0.4, -0.2) is 106 Å². The minimum atomic E-state index is -0.422. The van der Waals surface area contributed by atoms with Crippen LogP contribution in [-0.2, 0) is 19.6 Å². The van der Waals surface area contributed by atoms with Crippen LogP contribution in [0.1, 0.15) is 105 Å². The van der Waals surface area contributed by atoms with E-state index >= 15 is 0 Å². The van der Waals surface area contributed by atoms with Gasteiger partial charge in [0, 0.05) is 73.0 Å². The Bertz CT molecular complexity index is 4400. The highest BCUT2D eigenvalue weighted by molar-refractivity contribution is 6.67. The average molecular weight is 1260 g/mol. The number of benzene rings is 6. The van der Waals surface area contributed by atoms with E-state index in [1.807, 2.05) is 226 Å². The first-order valence-corrected chi connectivity index (χ1v) is 31.8. The van der Waals surface area contributed by atoms with E-state index in [0.29, 0.717) is 42.9 Å². The third-order valence-corrected chi connectivity index (χ3v) is 17.1. The van der Waals surface area contributed by atoms with E-state index in [-0.39, 0.29) is 29.9 Å². The van der Waals surface area contributed by atoms with Gasteiger partial charge in [-0.2, -0.15) is 0 Å². The highest BCUT2D eigenvalue weighted by atomic mass is 35.5. The molecular formula is C75H70ClN15O3. The lowest BCUT2D eigenvalue weighted by molar-refractivity contribution is 0.0631. The summed E-state index contributed by atoms with van der Waals surface area (Å²) in [5.74, 6) is 4.98. The number of pyridine rings is 3. The lowest BCUT2D eigenvalue weighted by atomic mass is 10.0. The molecule has 9 heterocycles. The minimum Gasteiger partial charge on any atom is -0.327 e. The molecule has 18 nitrogen and oxygen atoms in total.